The molecule has 3 rings (SSSR count). The molecule has 2 amide bonds. The number of fused-ring (bicyclic) bond motifs is 2. The third-order valence-electron chi connectivity index (χ3n) is 5.98. The van der Waals surface area contributed by atoms with Crippen LogP contribution in [0, 0.1) is 0 Å². The normalized spacial score (nSPS) is 16.1. The van der Waals surface area contributed by atoms with Gasteiger partial charge < -0.3 is 14.8 Å². The maximum atomic E-state index is 13.3. The summed E-state index contributed by atoms with van der Waals surface area (Å²) in [5, 5.41) is 7.50. The number of rotatable bonds is 6. The van der Waals surface area contributed by atoms with E-state index in [-0.39, 0.29) is 48.0 Å². The quantitative estimate of drug-likeness (QED) is 0.785. The van der Waals surface area contributed by atoms with Crippen molar-refractivity contribution in [3.8, 4) is 0 Å². The summed E-state index contributed by atoms with van der Waals surface area (Å²) in [6.45, 7) is 14.2. The molecule has 0 bridgehead atoms. The summed E-state index contributed by atoms with van der Waals surface area (Å²) in [6, 6.07) is 1.85. The minimum absolute atomic E-state index is 0.00384. The molecule has 0 aliphatic carbocycles. The zero-order valence-electron chi connectivity index (χ0n) is 19.1. The number of carbonyl (C=O) groups is 2. The molecular formula is C22H33N5O3. The first kappa shape index (κ1) is 22.1. The molecule has 1 aliphatic heterocycles. The van der Waals surface area contributed by atoms with Crippen LogP contribution >= 0.6 is 0 Å². The molecule has 0 saturated heterocycles. The summed E-state index contributed by atoms with van der Waals surface area (Å²) in [6.07, 6.45) is 1.60. The Bertz CT molecular complexity index is 1040. The van der Waals surface area contributed by atoms with Gasteiger partial charge in [-0.1, -0.05) is 34.6 Å². The van der Waals surface area contributed by atoms with Crippen LogP contribution in [0.4, 0.5) is 0 Å². The molecule has 0 aromatic carbocycles. The monoisotopic (exact) mass is 415 g/mol. The van der Waals surface area contributed by atoms with Crippen LogP contribution in [0.2, 0.25) is 0 Å². The highest BCUT2D eigenvalue weighted by Gasteiger charge is 2.37. The van der Waals surface area contributed by atoms with Crippen LogP contribution in [0.1, 0.15) is 83.1 Å². The highest BCUT2D eigenvalue weighted by Crippen LogP contribution is 2.27. The first-order valence-electron chi connectivity index (χ1n) is 10.8. The Hall–Kier alpha value is -2.64. The first-order chi connectivity index (χ1) is 14.0. The van der Waals surface area contributed by atoms with Crippen LogP contribution in [-0.4, -0.2) is 43.0 Å². The van der Waals surface area contributed by atoms with Crippen molar-refractivity contribution in [1.82, 2.24) is 24.4 Å². The molecule has 0 saturated carbocycles. The zero-order chi connectivity index (χ0) is 22.4. The average molecular weight is 416 g/mol. The lowest BCUT2D eigenvalue weighted by atomic mass is 9.93. The number of hydrogen-bond acceptors (Lipinski definition) is 4. The maximum absolute atomic E-state index is 13.3. The van der Waals surface area contributed by atoms with E-state index in [2.05, 4.69) is 10.4 Å². The Kier molecular flexibility index (Phi) is 5.80. The van der Waals surface area contributed by atoms with E-state index in [0.29, 0.717) is 16.9 Å². The van der Waals surface area contributed by atoms with Crippen molar-refractivity contribution < 1.29 is 9.59 Å². The van der Waals surface area contributed by atoms with Gasteiger partial charge in [0.2, 0.25) is 5.91 Å². The average Bonchev–Trinajstić information content (AvgIpc) is 3.27. The minimum Gasteiger partial charge on any atom is -0.352 e. The lowest BCUT2D eigenvalue weighted by Crippen LogP contribution is -2.37. The van der Waals surface area contributed by atoms with Crippen molar-refractivity contribution in [3.63, 3.8) is 0 Å². The number of amides is 2. The fourth-order valence-corrected chi connectivity index (χ4v) is 3.65. The highest BCUT2D eigenvalue weighted by atomic mass is 16.2. The molecule has 8 nitrogen and oxygen atoms in total. The second-order valence-electron chi connectivity index (χ2n) is 9.34. The number of hydrogen-bond donors (Lipinski definition) is 1. The lowest BCUT2D eigenvalue weighted by molar-refractivity contribution is -0.122. The van der Waals surface area contributed by atoms with Gasteiger partial charge in [-0.05, 0) is 26.7 Å². The summed E-state index contributed by atoms with van der Waals surface area (Å²) < 4.78 is 3.02. The molecule has 0 unspecified atom stereocenters. The molecule has 164 valence electrons. The van der Waals surface area contributed by atoms with Gasteiger partial charge in [0, 0.05) is 23.6 Å². The molecular weight excluding hydrogens is 382 g/mol. The molecule has 1 aliphatic rings. The Morgan fingerprint density at radius 3 is 2.43 bits per heavy atom. The molecule has 0 radical (unpaired) electrons. The number of nitrogens with zero attached hydrogens (tertiary/aromatic N) is 4. The minimum atomic E-state index is -0.284. The van der Waals surface area contributed by atoms with E-state index < -0.39 is 0 Å². The van der Waals surface area contributed by atoms with Crippen LogP contribution in [-0.2, 0) is 23.3 Å². The van der Waals surface area contributed by atoms with Crippen LogP contribution in [0.3, 0.4) is 0 Å². The topological polar surface area (TPSA) is 88.7 Å². The zero-order valence-corrected chi connectivity index (χ0v) is 19.1. The van der Waals surface area contributed by atoms with E-state index in [9.17, 15) is 14.4 Å². The summed E-state index contributed by atoms with van der Waals surface area (Å²) >= 11 is 0. The third kappa shape index (κ3) is 3.75. The van der Waals surface area contributed by atoms with Gasteiger partial charge in [-0.25, -0.2) is 0 Å². The van der Waals surface area contributed by atoms with E-state index in [0.717, 1.165) is 18.5 Å². The van der Waals surface area contributed by atoms with Gasteiger partial charge in [-0.2, -0.15) is 9.61 Å². The molecule has 8 heteroatoms. The van der Waals surface area contributed by atoms with E-state index in [4.69, 9.17) is 0 Å². The van der Waals surface area contributed by atoms with Gasteiger partial charge in [0.25, 0.3) is 11.5 Å². The van der Waals surface area contributed by atoms with Gasteiger partial charge in [0.1, 0.15) is 17.9 Å². The summed E-state index contributed by atoms with van der Waals surface area (Å²) in [5.41, 5.74) is 1.38. The first-order valence-corrected chi connectivity index (χ1v) is 10.8. The summed E-state index contributed by atoms with van der Waals surface area (Å²) in [7, 11) is 0. The summed E-state index contributed by atoms with van der Waals surface area (Å²) in [5.74, 6) is -0.390. The highest BCUT2D eigenvalue weighted by molar-refractivity contribution is 5.98. The lowest BCUT2D eigenvalue weighted by Gasteiger charge is -2.22. The van der Waals surface area contributed by atoms with Crippen LogP contribution in [0.5, 0.6) is 0 Å². The number of aromatic nitrogens is 3. The Labute approximate surface area is 177 Å². The second-order valence-corrected chi connectivity index (χ2v) is 9.34. The fraction of sp³-hybridized carbons (Fsp3) is 0.636. The number of nitrogens with one attached hydrogen (secondary N) is 1. The van der Waals surface area contributed by atoms with Crippen LogP contribution in [0.15, 0.2) is 10.9 Å². The Morgan fingerprint density at radius 2 is 1.87 bits per heavy atom. The van der Waals surface area contributed by atoms with Crippen molar-refractivity contribution >= 4 is 17.5 Å². The van der Waals surface area contributed by atoms with Crippen molar-refractivity contribution in [2.45, 2.75) is 91.9 Å². The van der Waals surface area contributed by atoms with E-state index in [1.165, 1.54) is 4.52 Å². The van der Waals surface area contributed by atoms with Gasteiger partial charge in [-0.3, -0.25) is 14.4 Å². The molecule has 2 aromatic rings. The fourth-order valence-electron chi connectivity index (χ4n) is 3.65. The van der Waals surface area contributed by atoms with Crippen LogP contribution < -0.4 is 10.9 Å². The van der Waals surface area contributed by atoms with E-state index >= 15 is 0 Å². The molecule has 2 atom stereocenters. The molecule has 2 aromatic heterocycles. The molecule has 0 fully saturated rings. The van der Waals surface area contributed by atoms with Crippen LogP contribution in [0.25, 0.3) is 5.65 Å². The Balaban J connectivity index is 2.21. The van der Waals surface area contributed by atoms with Gasteiger partial charge in [0.15, 0.2) is 0 Å². The van der Waals surface area contributed by atoms with Gasteiger partial charge >= 0.3 is 0 Å². The largest absolute Gasteiger partial charge is 0.352 e. The van der Waals surface area contributed by atoms with E-state index in [1.54, 1.807) is 9.47 Å². The number of carbonyl (C=O) groups excluding carboxylic acids is 2. The molecule has 30 heavy (non-hydrogen) atoms. The standard InChI is InChI=1S/C22H33N5O3/c1-8-13(3)23-17(28)12-26-18-10-16(22(5,6)7)24-27(18)20(29)15-11-25(14(4)9-2)21(30)19(15)26/h10,13-14H,8-9,11-12H2,1-7H3,(H,23,28)/t13-,14+/m0/s1. The van der Waals surface area contributed by atoms with Crippen molar-refractivity contribution in [1.29, 1.82) is 0 Å². The Morgan fingerprint density at radius 1 is 1.20 bits per heavy atom. The van der Waals surface area contributed by atoms with Crippen molar-refractivity contribution in [2.24, 2.45) is 0 Å². The summed E-state index contributed by atoms with van der Waals surface area (Å²) in [4.78, 5) is 40.9. The maximum Gasteiger partial charge on any atom is 0.280 e. The SMILES string of the molecule is CC[C@@H](C)N1Cc2c(n(CC(=O)N[C@@H](C)CC)c3cc(C(C)(C)C)nn3c2=O)C1=O. The molecule has 3 heterocycles. The van der Waals surface area contributed by atoms with E-state index in [1.807, 2.05) is 54.5 Å². The van der Waals surface area contributed by atoms with Crippen molar-refractivity contribution in [3.05, 3.63) is 33.4 Å². The smallest absolute Gasteiger partial charge is 0.280 e. The van der Waals surface area contributed by atoms with Gasteiger partial charge in [-0.15, -0.1) is 0 Å². The van der Waals surface area contributed by atoms with Gasteiger partial charge in [0.05, 0.1) is 17.8 Å². The van der Waals surface area contributed by atoms with Crippen molar-refractivity contribution in [2.75, 3.05) is 0 Å². The molecule has 0 spiro atoms. The predicted octanol–water partition coefficient (Wildman–Crippen LogP) is 2.46. The predicted molar refractivity (Wildman–Crippen MR) is 116 cm³/mol. The third-order valence-corrected chi connectivity index (χ3v) is 5.98. The molecule has 1 N–H and O–H groups in total. The second kappa shape index (κ2) is 7.89.